The highest BCUT2D eigenvalue weighted by molar-refractivity contribution is 5.15. The molecule has 1 unspecified atom stereocenters. The summed E-state index contributed by atoms with van der Waals surface area (Å²) >= 11 is 0. The molecule has 1 aliphatic rings. The number of unbranched alkanes of at least 4 members (excludes halogenated alkanes) is 1. The average Bonchev–Trinajstić information content (AvgIpc) is 2.80. The van der Waals surface area contributed by atoms with E-state index in [0.29, 0.717) is 6.17 Å². The SMILES string of the molecule is CCCCC1N(CCC)C=CN1Cc1ccccc1. The molecule has 0 radical (unpaired) electrons. The van der Waals surface area contributed by atoms with Gasteiger partial charge in [0.2, 0.25) is 0 Å². The van der Waals surface area contributed by atoms with Crippen LogP contribution in [0.3, 0.4) is 0 Å². The van der Waals surface area contributed by atoms with Crippen LogP contribution in [0.2, 0.25) is 0 Å². The van der Waals surface area contributed by atoms with Gasteiger partial charge in [-0.25, -0.2) is 0 Å². The van der Waals surface area contributed by atoms with Crippen molar-refractivity contribution < 1.29 is 0 Å². The quantitative estimate of drug-likeness (QED) is 0.723. The molecule has 2 nitrogen and oxygen atoms in total. The summed E-state index contributed by atoms with van der Waals surface area (Å²) in [6.45, 7) is 6.71. The van der Waals surface area contributed by atoms with E-state index in [-0.39, 0.29) is 0 Å². The molecule has 0 amide bonds. The molecule has 0 fully saturated rings. The minimum absolute atomic E-state index is 0.556. The third kappa shape index (κ3) is 3.76. The van der Waals surface area contributed by atoms with Gasteiger partial charge in [0.1, 0.15) is 6.17 Å². The highest BCUT2D eigenvalue weighted by Crippen LogP contribution is 2.23. The van der Waals surface area contributed by atoms with Gasteiger partial charge < -0.3 is 9.80 Å². The van der Waals surface area contributed by atoms with Gasteiger partial charge in [-0.3, -0.25) is 0 Å². The number of hydrogen-bond donors (Lipinski definition) is 0. The molecule has 19 heavy (non-hydrogen) atoms. The smallest absolute Gasteiger partial charge is 0.101 e. The molecule has 0 aliphatic carbocycles. The maximum absolute atomic E-state index is 2.50. The summed E-state index contributed by atoms with van der Waals surface area (Å²) in [5.74, 6) is 0. The Hall–Kier alpha value is -1.44. The predicted molar refractivity (Wildman–Crippen MR) is 81.4 cm³/mol. The largest absolute Gasteiger partial charge is 0.356 e. The summed E-state index contributed by atoms with van der Waals surface area (Å²) < 4.78 is 0. The molecule has 0 saturated carbocycles. The van der Waals surface area contributed by atoms with Crippen molar-refractivity contribution in [1.82, 2.24) is 9.80 Å². The second-order valence-electron chi connectivity index (χ2n) is 5.32. The van der Waals surface area contributed by atoms with Crippen molar-refractivity contribution in [3.63, 3.8) is 0 Å². The fraction of sp³-hybridized carbons (Fsp3) is 0.529. The first-order valence-electron chi connectivity index (χ1n) is 7.59. The normalized spacial score (nSPS) is 18.3. The first-order valence-corrected chi connectivity index (χ1v) is 7.59. The highest BCUT2D eigenvalue weighted by atomic mass is 15.4. The van der Waals surface area contributed by atoms with E-state index < -0.39 is 0 Å². The summed E-state index contributed by atoms with van der Waals surface area (Å²) in [4.78, 5) is 4.99. The molecule has 0 saturated heterocycles. The Labute approximate surface area is 117 Å². The molecule has 104 valence electrons. The van der Waals surface area contributed by atoms with Crippen molar-refractivity contribution in [2.24, 2.45) is 0 Å². The molecular weight excluding hydrogens is 232 g/mol. The maximum atomic E-state index is 2.50. The van der Waals surface area contributed by atoms with E-state index in [1.165, 1.54) is 31.2 Å². The summed E-state index contributed by atoms with van der Waals surface area (Å²) in [7, 11) is 0. The van der Waals surface area contributed by atoms with E-state index >= 15 is 0 Å². The minimum atomic E-state index is 0.556. The summed E-state index contributed by atoms with van der Waals surface area (Å²) in [5.41, 5.74) is 1.40. The van der Waals surface area contributed by atoms with Crippen LogP contribution in [0.15, 0.2) is 42.7 Å². The predicted octanol–water partition coefficient (Wildman–Crippen LogP) is 4.20. The van der Waals surface area contributed by atoms with Crippen LogP contribution >= 0.6 is 0 Å². The lowest BCUT2D eigenvalue weighted by molar-refractivity contribution is 0.135. The lowest BCUT2D eigenvalue weighted by atomic mass is 10.1. The van der Waals surface area contributed by atoms with E-state index in [9.17, 15) is 0 Å². The van der Waals surface area contributed by atoms with Crippen LogP contribution < -0.4 is 0 Å². The summed E-state index contributed by atoms with van der Waals surface area (Å²) in [5, 5.41) is 0. The van der Waals surface area contributed by atoms with Crippen LogP contribution in [0.25, 0.3) is 0 Å². The van der Waals surface area contributed by atoms with Gasteiger partial charge in [-0.05, 0) is 24.8 Å². The van der Waals surface area contributed by atoms with E-state index in [4.69, 9.17) is 0 Å². The number of rotatable bonds is 7. The molecule has 0 N–H and O–H groups in total. The fourth-order valence-corrected chi connectivity index (χ4v) is 2.71. The molecule has 1 atom stereocenters. The van der Waals surface area contributed by atoms with Crippen molar-refractivity contribution >= 4 is 0 Å². The van der Waals surface area contributed by atoms with Crippen LogP contribution in [-0.2, 0) is 6.54 Å². The number of hydrogen-bond acceptors (Lipinski definition) is 2. The molecule has 2 heteroatoms. The van der Waals surface area contributed by atoms with Crippen LogP contribution in [0.5, 0.6) is 0 Å². The lowest BCUT2D eigenvalue weighted by Crippen LogP contribution is -2.38. The maximum Gasteiger partial charge on any atom is 0.101 e. The van der Waals surface area contributed by atoms with Gasteiger partial charge in [0.15, 0.2) is 0 Å². The van der Waals surface area contributed by atoms with Gasteiger partial charge in [-0.1, -0.05) is 50.6 Å². The molecule has 2 rings (SSSR count). The van der Waals surface area contributed by atoms with Crippen LogP contribution in [0, 0.1) is 0 Å². The van der Waals surface area contributed by atoms with E-state index in [2.05, 4.69) is 66.4 Å². The summed E-state index contributed by atoms with van der Waals surface area (Å²) in [6.07, 6.45) is 10.1. The lowest BCUT2D eigenvalue weighted by Gasteiger charge is -2.33. The molecule has 1 aromatic rings. The zero-order valence-electron chi connectivity index (χ0n) is 12.3. The molecule has 1 aromatic carbocycles. The van der Waals surface area contributed by atoms with Gasteiger partial charge in [-0.2, -0.15) is 0 Å². The number of nitrogens with zero attached hydrogens (tertiary/aromatic N) is 2. The van der Waals surface area contributed by atoms with Crippen molar-refractivity contribution in [3.8, 4) is 0 Å². The molecule has 0 aromatic heterocycles. The van der Waals surface area contributed by atoms with Crippen LogP contribution in [-0.4, -0.2) is 22.5 Å². The van der Waals surface area contributed by atoms with E-state index in [0.717, 1.165) is 13.1 Å². The molecule has 0 bridgehead atoms. The Morgan fingerprint density at radius 3 is 2.37 bits per heavy atom. The minimum Gasteiger partial charge on any atom is -0.356 e. The molecule has 1 aliphatic heterocycles. The second-order valence-corrected chi connectivity index (χ2v) is 5.32. The monoisotopic (exact) mass is 258 g/mol. The zero-order chi connectivity index (χ0) is 13.5. The molecule has 0 spiro atoms. The van der Waals surface area contributed by atoms with E-state index in [1.807, 2.05) is 0 Å². The standard InChI is InChI=1S/C17H26N2/c1-3-5-11-17-18(12-4-2)13-14-19(17)15-16-9-7-6-8-10-16/h6-10,13-14,17H,3-5,11-12,15H2,1-2H3. The molecular formula is C17H26N2. The highest BCUT2D eigenvalue weighted by Gasteiger charge is 2.24. The van der Waals surface area contributed by atoms with Crippen molar-refractivity contribution in [2.75, 3.05) is 6.54 Å². The second kappa shape index (κ2) is 7.22. The fourth-order valence-electron chi connectivity index (χ4n) is 2.71. The third-order valence-corrected chi connectivity index (χ3v) is 3.72. The third-order valence-electron chi connectivity index (χ3n) is 3.72. The van der Waals surface area contributed by atoms with Crippen LogP contribution in [0.1, 0.15) is 45.1 Å². The van der Waals surface area contributed by atoms with Crippen molar-refractivity contribution in [3.05, 3.63) is 48.3 Å². The van der Waals surface area contributed by atoms with Gasteiger partial charge >= 0.3 is 0 Å². The topological polar surface area (TPSA) is 6.48 Å². The van der Waals surface area contributed by atoms with Crippen LogP contribution in [0.4, 0.5) is 0 Å². The first-order chi connectivity index (χ1) is 9.35. The summed E-state index contributed by atoms with van der Waals surface area (Å²) in [6, 6.07) is 10.8. The van der Waals surface area contributed by atoms with Gasteiger partial charge in [0, 0.05) is 25.5 Å². The Morgan fingerprint density at radius 1 is 0.947 bits per heavy atom. The first kappa shape index (κ1) is 14.0. The zero-order valence-corrected chi connectivity index (χ0v) is 12.3. The van der Waals surface area contributed by atoms with E-state index in [1.54, 1.807) is 0 Å². The van der Waals surface area contributed by atoms with Gasteiger partial charge in [0.05, 0.1) is 0 Å². The van der Waals surface area contributed by atoms with Gasteiger partial charge in [-0.15, -0.1) is 0 Å². The van der Waals surface area contributed by atoms with Gasteiger partial charge in [0.25, 0.3) is 0 Å². The average molecular weight is 258 g/mol. The van der Waals surface area contributed by atoms with Crippen molar-refractivity contribution in [1.29, 1.82) is 0 Å². The molecule has 1 heterocycles. The Bertz CT molecular complexity index is 386. The number of benzene rings is 1. The Balaban J connectivity index is 1.99. The van der Waals surface area contributed by atoms with Crippen molar-refractivity contribution in [2.45, 2.75) is 52.2 Å². The Morgan fingerprint density at radius 2 is 1.68 bits per heavy atom. The Kier molecular flexibility index (Phi) is 5.31.